The van der Waals surface area contributed by atoms with Gasteiger partial charge in [0.25, 0.3) is 5.91 Å². The van der Waals surface area contributed by atoms with Crippen LogP contribution in [0.1, 0.15) is 70.1 Å². The first kappa shape index (κ1) is 20.9. The number of rotatable bonds is 5. The molecule has 0 spiro atoms. The average molecular weight is 430 g/mol. The molecule has 0 bridgehead atoms. The lowest BCUT2D eigenvalue weighted by atomic mass is 9.89. The van der Waals surface area contributed by atoms with E-state index in [1.54, 1.807) is 0 Å². The van der Waals surface area contributed by atoms with Crippen molar-refractivity contribution < 1.29 is 4.79 Å². The lowest BCUT2D eigenvalue weighted by Gasteiger charge is -2.32. The molecule has 1 fully saturated rings. The van der Waals surface area contributed by atoms with E-state index in [4.69, 9.17) is 4.98 Å². The van der Waals surface area contributed by atoms with Crippen molar-refractivity contribution in [3.05, 3.63) is 82.2 Å². The molecule has 3 aromatic rings. The number of amides is 1. The van der Waals surface area contributed by atoms with E-state index < -0.39 is 0 Å². The van der Waals surface area contributed by atoms with Crippen LogP contribution in [0.4, 0.5) is 0 Å². The van der Waals surface area contributed by atoms with Crippen molar-refractivity contribution in [2.24, 2.45) is 0 Å². The number of imidazole rings is 1. The summed E-state index contributed by atoms with van der Waals surface area (Å²) in [6.45, 7) is 8.41. The fourth-order valence-corrected chi connectivity index (χ4v) is 4.99. The molecular formula is C26H31N5O. The summed E-state index contributed by atoms with van der Waals surface area (Å²) in [5.74, 6) is 1.48. The summed E-state index contributed by atoms with van der Waals surface area (Å²) >= 11 is 0. The molecule has 0 aliphatic carbocycles. The van der Waals surface area contributed by atoms with E-state index in [9.17, 15) is 4.79 Å². The second-order valence-electron chi connectivity index (χ2n) is 9.07. The molecular weight excluding hydrogens is 398 g/mol. The molecule has 4 heterocycles. The zero-order chi connectivity index (χ0) is 22.1. The molecule has 32 heavy (non-hydrogen) atoms. The van der Waals surface area contributed by atoms with Gasteiger partial charge < -0.3 is 9.88 Å². The zero-order valence-electron chi connectivity index (χ0n) is 19.0. The summed E-state index contributed by atoms with van der Waals surface area (Å²) < 4.78 is 0. The minimum atomic E-state index is 0.107. The van der Waals surface area contributed by atoms with Crippen molar-refractivity contribution in [1.29, 1.82) is 0 Å². The predicted molar refractivity (Wildman–Crippen MR) is 124 cm³/mol. The van der Waals surface area contributed by atoms with Gasteiger partial charge in [-0.05, 0) is 56.1 Å². The molecule has 2 aromatic heterocycles. The maximum Gasteiger partial charge on any atom is 0.256 e. The summed E-state index contributed by atoms with van der Waals surface area (Å²) in [7, 11) is 0. The number of carbonyl (C=O) groups excluding carboxylic acids is 1. The maximum absolute atomic E-state index is 13.5. The minimum Gasteiger partial charge on any atom is -0.345 e. The highest BCUT2D eigenvalue weighted by Gasteiger charge is 2.30. The number of hydrogen-bond acceptors (Lipinski definition) is 4. The molecule has 0 unspecified atom stereocenters. The number of hydrogen-bond donors (Lipinski definition) is 1. The maximum atomic E-state index is 13.5. The first-order valence-electron chi connectivity index (χ1n) is 11.7. The summed E-state index contributed by atoms with van der Waals surface area (Å²) in [5, 5.41) is 0. The highest BCUT2D eigenvalue weighted by molar-refractivity contribution is 5.95. The van der Waals surface area contributed by atoms with Gasteiger partial charge in [0.1, 0.15) is 5.82 Å². The Morgan fingerprint density at radius 1 is 1.09 bits per heavy atom. The second-order valence-corrected chi connectivity index (χ2v) is 9.07. The highest BCUT2D eigenvalue weighted by Crippen LogP contribution is 2.32. The van der Waals surface area contributed by atoms with E-state index in [1.807, 2.05) is 42.3 Å². The Balaban J connectivity index is 1.28. The Morgan fingerprint density at radius 2 is 1.81 bits per heavy atom. The lowest BCUT2D eigenvalue weighted by Crippen LogP contribution is -2.34. The molecule has 0 radical (unpaired) electrons. The van der Waals surface area contributed by atoms with Crippen LogP contribution < -0.4 is 0 Å². The van der Waals surface area contributed by atoms with Crippen molar-refractivity contribution >= 4 is 5.91 Å². The van der Waals surface area contributed by atoms with Gasteiger partial charge in [0.2, 0.25) is 0 Å². The molecule has 1 aromatic carbocycles. The van der Waals surface area contributed by atoms with Crippen LogP contribution in [0.3, 0.4) is 0 Å². The van der Waals surface area contributed by atoms with E-state index in [1.165, 1.54) is 16.8 Å². The van der Waals surface area contributed by atoms with Gasteiger partial charge in [-0.25, -0.2) is 4.98 Å². The fraction of sp³-hybridized carbons (Fsp3) is 0.423. The Bertz CT molecular complexity index is 1090. The Labute approximate surface area is 189 Å². The van der Waals surface area contributed by atoms with Crippen molar-refractivity contribution in [3.8, 4) is 0 Å². The van der Waals surface area contributed by atoms with Crippen molar-refractivity contribution in [3.63, 3.8) is 0 Å². The largest absolute Gasteiger partial charge is 0.345 e. The number of nitrogens with zero attached hydrogens (tertiary/aromatic N) is 4. The first-order valence-corrected chi connectivity index (χ1v) is 11.7. The van der Waals surface area contributed by atoms with Gasteiger partial charge in [0.15, 0.2) is 0 Å². The van der Waals surface area contributed by atoms with E-state index in [0.717, 1.165) is 61.7 Å². The minimum absolute atomic E-state index is 0.107. The van der Waals surface area contributed by atoms with Gasteiger partial charge in [-0.2, -0.15) is 0 Å². The number of nitrogens with one attached hydrogen (secondary N) is 1. The number of carbonyl (C=O) groups is 1. The Morgan fingerprint density at radius 3 is 2.47 bits per heavy atom. The molecule has 1 amide bonds. The monoisotopic (exact) mass is 429 g/mol. The summed E-state index contributed by atoms with van der Waals surface area (Å²) in [5.41, 5.74) is 6.43. The third-order valence-electron chi connectivity index (χ3n) is 6.81. The normalized spacial score (nSPS) is 17.0. The molecule has 1 N–H and O–H groups in total. The number of pyridine rings is 1. The second kappa shape index (κ2) is 8.87. The third-order valence-corrected chi connectivity index (χ3v) is 6.81. The molecule has 166 valence electrons. The standard InChI is InChI=1S/C26H31N5O/c1-3-24-27-14-22(29-24)17-30-12-10-19(11-13-30)25-23(9-8-18(2)28-25)26(32)31-15-20-6-4-5-7-21(20)16-31/h4-9,14,19H,3,10-13,15-17H2,1-2H3,(H,27,29). The number of piperidine rings is 1. The topological polar surface area (TPSA) is 65.1 Å². The van der Waals surface area contributed by atoms with Crippen LogP contribution in [-0.4, -0.2) is 43.7 Å². The number of benzene rings is 1. The average Bonchev–Trinajstić information content (AvgIpc) is 3.46. The van der Waals surface area contributed by atoms with Gasteiger partial charge in [0.05, 0.1) is 11.3 Å². The summed E-state index contributed by atoms with van der Waals surface area (Å²) in [6.07, 6.45) is 4.93. The molecule has 2 aliphatic heterocycles. The number of fused-ring (bicyclic) bond motifs is 1. The van der Waals surface area contributed by atoms with E-state index in [-0.39, 0.29) is 5.91 Å². The van der Waals surface area contributed by atoms with E-state index in [0.29, 0.717) is 19.0 Å². The van der Waals surface area contributed by atoms with Crippen LogP contribution in [-0.2, 0) is 26.1 Å². The number of aromatic amines is 1. The van der Waals surface area contributed by atoms with Crippen molar-refractivity contribution in [2.75, 3.05) is 13.1 Å². The molecule has 6 heteroatoms. The molecule has 0 atom stereocenters. The first-order chi connectivity index (χ1) is 15.6. The van der Waals surface area contributed by atoms with Gasteiger partial charge >= 0.3 is 0 Å². The van der Waals surface area contributed by atoms with Gasteiger partial charge in [0, 0.05) is 49.6 Å². The van der Waals surface area contributed by atoms with Gasteiger partial charge in [-0.3, -0.25) is 14.7 Å². The Hall–Kier alpha value is -2.99. The van der Waals surface area contributed by atoms with Crippen LogP contribution in [0.2, 0.25) is 0 Å². The van der Waals surface area contributed by atoms with Crippen LogP contribution in [0.25, 0.3) is 0 Å². The van der Waals surface area contributed by atoms with Crippen LogP contribution in [0.15, 0.2) is 42.6 Å². The van der Waals surface area contributed by atoms with E-state index >= 15 is 0 Å². The highest BCUT2D eigenvalue weighted by atomic mass is 16.2. The number of aromatic nitrogens is 3. The van der Waals surface area contributed by atoms with E-state index in [2.05, 4.69) is 33.9 Å². The van der Waals surface area contributed by atoms with Crippen LogP contribution in [0.5, 0.6) is 0 Å². The van der Waals surface area contributed by atoms with Crippen LogP contribution >= 0.6 is 0 Å². The summed E-state index contributed by atoms with van der Waals surface area (Å²) in [6, 6.07) is 12.3. The molecule has 0 saturated carbocycles. The molecule has 2 aliphatic rings. The number of aryl methyl sites for hydroxylation is 2. The fourth-order valence-electron chi connectivity index (χ4n) is 4.99. The smallest absolute Gasteiger partial charge is 0.256 e. The predicted octanol–water partition coefficient (Wildman–Crippen LogP) is 4.21. The SMILES string of the molecule is CCc1ncc(CN2CCC(c3nc(C)ccc3C(=O)N3Cc4ccccc4C3)CC2)[nH]1. The summed E-state index contributed by atoms with van der Waals surface area (Å²) in [4.78, 5) is 30.6. The van der Waals surface area contributed by atoms with Crippen molar-refractivity contribution in [1.82, 2.24) is 24.8 Å². The van der Waals surface area contributed by atoms with Crippen LogP contribution in [0, 0.1) is 6.92 Å². The quantitative estimate of drug-likeness (QED) is 0.660. The molecule has 5 rings (SSSR count). The number of H-pyrrole nitrogens is 1. The lowest BCUT2D eigenvalue weighted by molar-refractivity contribution is 0.0748. The number of likely N-dealkylation sites (tertiary alicyclic amines) is 1. The Kier molecular flexibility index (Phi) is 5.79. The van der Waals surface area contributed by atoms with Gasteiger partial charge in [-0.1, -0.05) is 31.2 Å². The zero-order valence-corrected chi connectivity index (χ0v) is 19.0. The van der Waals surface area contributed by atoms with Crippen molar-refractivity contribution in [2.45, 2.75) is 58.7 Å². The van der Waals surface area contributed by atoms with Gasteiger partial charge in [-0.15, -0.1) is 0 Å². The molecule has 1 saturated heterocycles. The third kappa shape index (κ3) is 4.19. The molecule has 6 nitrogen and oxygen atoms in total.